The maximum atomic E-state index is 13.1. The van der Waals surface area contributed by atoms with E-state index in [9.17, 15) is 9.59 Å². The molecule has 26 heavy (non-hydrogen) atoms. The van der Waals surface area contributed by atoms with E-state index in [0.717, 1.165) is 35.2 Å². The molecule has 4 nitrogen and oxygen atoms in total. The van der Waals surface area contributed by atoms with Crippen molar-refractivity contribution in [1.82, 2.24) is 4.90 Å². The lowest BCUT2D eigenvalue weighted by Gasteiger charge is -2.25. The maximum Gasteiger partial charge on any atom is 0.230 e. The van der Waals surface area contributed by atoms with Gasteiger partial charge in [-0.05, 0) is 29.5 Å². The van der Waals surface area contributed by atoms with Crippen molar-refractivity contribution in [3.8, 4) is 0 Å². The number of hydrogen-bond donors (Lipinski definition) is 1. The number of hydrogen-bond acceptors (Lipinski definition) is 2. The Morgan fingerprint density at radius 2 is 1.65 bits per heavy atom. The summed E-state index contributed by atoms with van der Waals surface area (Å²) in [5, 5.41) is 3.15. The van der Waals surface area contributed by atoms with Crippen LogP contribution in [0.25, 0.3) is 0 Å². The highest BCUT2D eigenvalue weighted by Gasteiger charge is 2.42. The molecule has 0 spiro atoms. The molecule has 1 fully saturated rings. The van der Waals surface area contributed by atoms with Crippen LogP contribution >= 0.6 is 0 Å². The molecule has 136 valence electrons. The fourth-order valence-electron chi connectivity index (χ4n) is 3.83. The lowest BCUT2D eigenvalue weighted by Crippen LogP contribution is -2.30. The minimum atomic E-state index is -0.385. The van der Waals surface area contributed by atoms with Crippen molar-refractivity contribution in [2.24, 2.45) is 5.92 Å². The number of benzene rings is 2. The third-order valence-corrected chi connectivity index (χ3v) is 5.31. The molecule has 1 saturated heterocycles. The summed E-state index contributed by atoms with van der Waals surface area (Å²) in [5.74, 6) is -0.449. The van der Waals surface area contributed by atoms with Crippen LogP contribution in [0.3, 0.4) is 0 Å². The van der Waals surface area contributed by atoms with Gasteiger partial charge in [0.1, 0.15) is 0 Å². The fraction of sp³-hybridized carbons (Fsp3) is 0.364. The Kier molecular flexibility index (Phi) is 5.40. The van der Waals surface area contributed by atoms with Crippen molar-refractivity contribution < 1.29 is 9.59 Å². The van der Waals surface area contributed by atoms with Crippen LogP contribution in [0.1, 0.15) is 43.0 Å². The van der Waals surface area contributed by atoms with Gasteiger partial charge < -0.3 is 10.2 Å². The number of para-hydroxylation sites is 1. The average molecular weight is 350 g/mol. The number of nitrogens with one attached hydrogen (secondary N) is 1. The average Bonchev–Trinajstić information content (AvgIpc) is 2.97. The third kappa shape index (κ3) is 3.36. The monoisotopic (exact) mass is 350 g/mol. The molecule has 0 saturated carbocycles. The number of likely N-dealkylation sites (tertiary alicyclic amines) is 1. The van der Waals surface area contributed by atoms with E-state index in [1.165, 1.54) is 0 Å². The summed E-state index contributed by atoms with van der Waals surface area (Å²) in [4.78, 5) is 27.2. The molecular weight excluding hydrogens is 324 g/mol. The predicted molar refractivity (Wildman–Crippen MR) is 104 cm³/mol. The molecule has 2 atom stereocenters. The van der Waals surface area contributed by atoms with E-state index in [-0.39, 0.29) is 30.2 Å². The molecule has 4 heteroatoms. The maximum absolute atomic E-state index is 13.1. The lowest BCUT2D eigenvalue weighted by atomic mass is 9.92. The van der Waals surface area contributed by atoms with Crippen LogP contribution in [0.2, 0.25) is 0 Å². The van der Waals surface area contributed by atoms with Crippen LogP contribution in [0.5, 0.6) is 0 Å². The highest BCUT2D eigenvalue weighted by molar-refractivity contribution is 5.99. The van der Waals surface area contributed by atoms with Crippen LogP contribution in [0.15, 0.2) is 48.5 Å². The first-order valence-corrected chi connectivity index (χ1v) is 9.29. The number of rotatable bonds is 5. The quantitative estimate of drug-likeness (QED) is 0.887. The lowest BCUT2D eigenvalue weighted by molar-refractivity contribution is -0.127. The zero-order valence-corrected chi connectivity index (χ0v) is 15.7. The topological polar surface area (TPSA) is 49.4 Å². The smallest absolute Gasteiger partial charge is 0.230 e. The Hall–Kier alpha value is -2.62. The van der Waals surface area contributed by atoms with E-state index in [0.29, 0.717) is 0 Å². The predicted octanol–water partition coefficient (Wildman–Crippen LogP) is 3.97. The molecule has 2 amide bonds. The van der Waals surface area contributed by atoms with Gasteiger partial charge in [0.05, 0.1) is 12.0 Å². The van der Waals surface area contributed by atoms with Gasteiger partial charge >= 0.3 is 0 Å². The first kappa shape index (κ1) is 18.2. The van der Waals surface area contributed by atoms with Gasteiger partial charge in [0.2, 0.25) is 11.8 Å². The molecule has 1 heterocycles. The van der Waals surface area contributed by atoms with Crippen molar-refractivity contribution in [2.75, 3.05) is 12.4 Å². The molecule has 0 bridgehead atoms. The second-order valence-corrected chi connectivity index (χ2v) is 6.82. The van der Waals surface area contributed by atoms with Crippen LogP contribution in [0.4, 0.5) is 5.69 Å². The molecule has 0 aromatic heterocycles. The summed E-state index contributed by atoms with van der Waals surface area (Å²) < 4.78 is 0. The molecular formula is C22H26N2O2. The fourth-order valence-corrected chi connectivity index (χ4v) is 3.83. The first-order valence-electron chi connectivity index (χ1n) is 9.29. The Labute approximate surface area is 155 Å². The Morgan fingerprint density at radius 1 is 1.04 bits per heavy atom. The summed E-state index contributed by atoms with van der Waals surface area (Å²) in [6.45, 7) is 4.17. The summed E-state index contributed by atoms with van der Waals surface area (Å²) in [5.41, 5.74) is 4.18. The Bertz CT molecular complexity index is 779. The van der Waals surface area contributed by atoms with E-state index in [1.807, 2.05) is 36.4 Å². The normalized spacial score (nSPS) is 19.7. The minimum Gasteiger partial charge on any atom is -0.338 e. The second-order valence-electron chi connectivity index (χ2n) is 6.82. The molecule has 0 radical (unpaired) electrons. The molecule has 2 aromatic carbocycles. The Balaban J connectivity index is 1.91. The van der Waals surface area contributed by atoms with E-state index < -0.39 is 0 Å². The number of carbonyl (C=O) groups is 2. The van der Waals surface area contributed by atoms with Gasteiger partial charge in [0.25, 0.3) is 0 Å². The van der Waals surface area contributed by atoms with Crippen LogP contribution in [0, 0.1) is 5.92 Å². The van der Waals surface area contributed by atoms with Crippen LogP contribution < -0.4 is 5.32 Å². The molecule has 1 aliphatic heterocycles. The van der Waals surface area contributed by atoms with Crippen molar-refractivity contribution in [3.63, 3.8) is 0 Å². The van der Waals surface area contributed by atoms with E-state index >= 15 is 0 Å². The van der Waals surface area contributed by atoms with Gasteiger partial charge in [-0.15, -0.1) is 0 Å². The minimum absolute atomic E-state index is 0.0125. The van der Waals surface area contributed by atoms with Gasteiger partial charge in [-0.1, -0.05) is 62.4 Å². The SMILES string of the molecule is CCc1cccc(CC)c1NC(=O)[C@@H]1CC(=O)N(C)[C@@H]1c1ccccc1. The first-order chi connectivity index (χ1) is 12.6. The number of anilines is 1. The number of carbonyl (C=O) groups excluding carboxylic acids is 2. The van der Waals surface area contributed by atoms with E-state index in [1.54, 1.807) is 11.9 Å². The molecule has 1 N–H and O–H groups in total. The highest BCUT2D eigenvalue weighted by Crippen LogP contribution is 2.38. The van der Waals surface area contributed by atoms with Crippen molar-refractivity contribution in [2.45, 2.75) is 39.2 Å². The molecule has 2 aromatic rings. The molecule has 0 aliphatic carbocycles. The van der Waals surface area contributed by atoms with Crippen molar-refractivity contribution in [3.05, 3.63) is 65.2 Å². The standard InChI is InChI=1S/C22H26N2O2/c1-4-15-12-9-13-16(5-2)20(15)23-22(26)18-14-19(25)24(3)21(18)17-10-7-6-8-11-17/h6-13,18,21H,4-5,14H2,1-3H3,(H,23,26)/t18-,21-/m1/s1. The number of amides is 2. The van der Waals surface area contributed by atoms with Crippen LogP contribution in [-0.4, -0.2) is 23.8 Å². The van der Waals surface area contributed by atoms with Gasteiger partial charge in [-0.3, -0.25) is 9.59 Å². The van der Waals surface area contributed by atoms with Gasteiger partial charge in [-0.2, -0.15) is 0 Å². The molecule has 1 aliphatic rings. The van der Waals surface area contributed by atoms with E-state index in [2.05, 4.69) is 31.3 Å². The molecule has 0 unspecified atom stereocenters. The summed E-state index contributed by atoms with van der Waals surface area (Å²) in [6, 6.07) is 15.7. The zero-order valence-electron chi connectivity index (χ0n) is 15.7. The second kappa shape index (κ2) is 7.73. The number of nitrogens with zero attached hydrogens (tertiary/aromatic N) is 1. The summed E-state index contributed by atoms with van der Waals surface area (Å²) >= 11 is 0. The van der Waals surface area contributed by atoms with Gasteiger partial charge in [0.15, 0.2) is 0 Å². The van der Waals surface area contributed by atoms with Crippen molar-refractivity contribution in [1.29, 1.82) is 0 Å². The number of aryl methyl sites for hydroxylation is 2. The third-order valence-electron chi connectivity index (χ3n) is 5.31. The zero-order chi connectivity index (χ0) is 18.7. The van der Waals surface area contributed by atoms with Gasteiger partial charge in [0, 0.05) is 19.2 Å². The Morgan fingerprint density at radius 3 is 2.23 bits per heavy atom. The van der Waals surface area contributed by atoms with Crippen molar-refractivity contribution >= 4 is 17.5 Å². The van der Waals surface area contributed by atoms with Crippen LogP contribution in [-0.2, 0) is 22.4 Å². The summed E-state index contributed by atoms with van der Waals surface area (Å²) in [7, 11) is 1.78. The highest BCUT2D eigenvalue weighted by atomic mass is 16.2. The van der Waals surface area contributed by atoms with Gasteiger partial charge in [-0.25, -0.2) is 0 Å². The van der Waals surface area contributed by atoms with E-state index in [4.69, 9.17) is 0 Å². The molecule has 3 rings (SSSR count). The summed E-state index contributed by atoms with van der Waals surface area (Å²) in [6.07, 6.45) is 1.96. The largest absolute Gasteiger partial charge is 0.338 e.